The van der Waals surface area contributed by atoms with Crippen LogP contribution in [-0.2, 0) is 13.2 Å². The van der Waals surface area contributed by atoms with Crippen molar-refractivity contribution in [3.8, 4) is 11.4 Å². The second kappa shape index (κ2) is 7.69. The van der Waals surface area contributed by atoms with Gasteiger partial charge in [0.25, 0.3) is 0 Å². The minimum Gasteiger partial charge on any atom is -0.486 e. The van der Waals surface area contributed by atoms with E-state index in [0.717, 1.165) is 15.0 Å². The van der Waals surface area contributed by atoms with Gasteiger partial charge in [0.05, 0.1) is 17.3 Å². The highest BCUT2D eigenvalue weighted by Crippen LogP contribution is 2.28. The third kappa shape index (κ3) is 3.66. The molecule has 0 fully saturated rings. The van der Waals surface area contributed by atoms with Gasteiger partial charge in [0.15, 0.2) is 0 Å². The molecule has 0 aliphatic rings. The number of aliphatic hydroxyl groups excluding tert-OH is 1. The first-order chi connectivity index (χ1) is 11.6. The Labute approximate surface area is 162 Å². The molecule has 24 heavy (non-hydrogen) atoms. The van der Waals surface area contributed by atoms with Gasteiger partial charge in [-0.15, -0.1) is 5.10 Å². The summed E-state index contributed by atoms with van der Waals surface area (Å²) in [4.78, 5) is 0. The first-order valence-electron chi connectivity index (χ1n) is 6.97. The average Bonchev–Trinajstić information content (AvgIpc) is 2.94. The van der Waals surface area contributed by atoms with E-state index in [1.807, 2.05) is 24.3 Å². The SMILES string of the molecule is OCc1ccccc1-n1nnc(COc2ccc(Cl)cc2Cl)c1I. The zero-order valence-corrected chi connectivity index (χ0v) is 16.0. The van der Waals surface area contributed by atoms with Crippen LogP contribution in [0.1, 0.15) is 11.3 Å². The third-order valence-corrected chi connectivity index (χ3v) is 4.94. The Hall–Kier alpha value is -1.35. The lowest BCUT2D eigenvalue weighted by atomic mass is 10.2. The number of benzene rings is 2. The predicted molar refractivity (Wildman–Crippen MR) is 101 cm³/mol. The Morgan fingerprint density at radius 3 is 2.71 bits per heavy atom. The molecule has 3 rings (SSSR count). The number of ether oxygens (including phenoxy) is 1. The Morgan fingerprint density at radius 1 is 1.17 bits per heavy atom. The minimum absolute atomic E-state index is 0.0711. The van der Waals surface area contributed by atoms with E-state index in [9.17, 15) is 5.11 Å². The Bertz CT molecular complexity index is 870. The van der Waals surface area contributed by atoms with Crippen LogP contribution in [0.2, 0.25) is 10.0 Å². The maximum absolute atomic E-state index is 9.47. The van der Waals surface area contributed by atoms with Crippen molar-refractivity contribution < 1.29 is 9.84 Å². The fraction of sp³-hybridized carbons (Fsp3) is 0.125. The molecule has 124 valence electrons. The quantitative estimate of drug-likeness (QED) is 0.560. The average molecular weight is 476 g/mol. The molecule has 0 bridgehead atoms. The molecule has 0 spiro atoms. The summed E-state index contributed by atoms with van der Waals surface area (Å²) in [6, 6.07) is 12.5. The number of nitrogens with zero attached hydrogens (tertiary/aromatic N) is 3. The molecule has 0 saturated heterocycles. The lowest BCUT2D eigenvalue weighted by molar-refractivity contribution is 0.281. The van der Waals surface area contributed by atoms with E-state index in [4.69, 9.17) is 27.9 Å². The summed E-state index contributed by atoms with van der Waals surface area (Å²) in [7, 11) is 0. The molecule has 0 aliphatic heterocycles. The van der Waals surface area contributed by atoms with Crippen LogP contribution in [0.4, 0.5) is 0 Å². The smallest absolute Gasteiger partial charge is 0.138 e. The molecule has 3 aromatic rings. The zero-order chi connectivity index (χ0) is 17.1. The summed E-state index contributed by atoms with van der Waals surface area (Å²) in [5.41, 5.74) is 2.23. The highest BCUT2D eigenvalue weighted by Gasteiger charge is 2.15. The van der Waals surface area contributed by atoms with Gasteiger partial charge in [-0.2, -0.15) is 0 Å². The fourth-order valence-electron chi connectivity index (χ4n) is 2.13. The van der Waals surface area contributed by atoms with Crippen molar-refractivity contribution in [2.75, 3.05) is 0 Å². The van der Waals surface area contributed by atoms with E-state index >= 15 is 0 Å². The van der Waals surface area contributed by atoms with Crippen LogP contribution in [0.3, 0.4) is 0 Å². The molecule has 0 radical (unpaired) electrons. The number of para-hydroxylation sites is 1. The molecule has 0 atom stereocenters. The van der Waals surface area contributed by atoms with Gasteiger partial charge in [-0.05, 0) is 46.9 Å². The van der Waals surface area contributed by atoms with Crippen molar-refractivity contribution in [3.05, 3.63) is 67.5 Å². The van der Waals surface area contributed by atoms with Crippen LogP contribution in [-0.4, -0.2) is 20.1 Å². The molecule has 0 aliphatic carbocycles. The Balaban J connectivity index is 1.83. The van der Waals surface area contributed by atoms with Crippen molar-refractivity contribution >= 4 is 45.8 Å². The van der Waals surface area contributed by atoms with Crippen molar-refractivity contribution in [1.29, 1.82) is 0 Å². The van der Waals surface area contributed by atoms with E-state index < -0.39 is 0 Å². The van der Waals surface area contributed by atoms with Gasteiger partial charge in [-0.3, -0.25) is 0 Å². The van der Waals surface area contributed by atoms with E-state index in [0.29, 0.717) is 21.5 Å². The monoisotopic (exact) mass is 475 g/mol. The topological polar surface area (TPSA) is 60.2 Å². The van der Waals surface area contributed by atoms with E-state index in [1.54, 1.807) is 22.9 Å². The second-order valence-electron chi connectivity index (χ2n) is 4.89. The summed E-state index contributed by atoms with van der Waals surface area (Å²) in [6.07, 6.45) is 0. The number of hydrogen-bond donors (Lipinski definition) is 1. The first-order valence-corrected chi connectivity index (χ1v) is 8.80. The van der Waals surface area contributed by atoms with Crippen LogP contribution in [0.15, 0.2) is 42.5 Å². The molecular formula is C16H12Cl2IN3O2. The normalized spacial score (nSPS) is 10.8. The van der Waals surface area contributed by atoms with Gasteiger partial charge < -0.3 is 9.84 Å². The molecule has 5 nitrogen and oxygen atoms in total. The third-order valence-electron chi connectivity index (χ3n) is 3.33. The highest BCUT2D eigenvalue weighted by atomic mass is 127. The van der Waals surface area contributed by atoms with Gasteiger partial charge in [-0.25, -0.2) is 4.68 Å². The number of hydrogen-bond acceptors (Lipinski definition) is 4. The number of rotatable bonds is 5. The van der Waals surface area contributed by atoms with Crippen molar-refractivity contribution in [2.24, 2.45) is 0 Å². The Morgan fingerprint density at radius 2 is 1.96 bits per heavy atom. The highest BCUT2D eigenvalue weighted by molar-refractivity contribution is 14.1. The number of halogens is 3. The first kappa shape index (κ1) is 17.5. The van der Waals surface area contributed by atoms with Gasteiger partial charge in [0.2, 0.25) is 0 Å². The maximum atomic E-state index is 9.47. The van der Waals surface area contributed by atoms with Crippen LogP contribution < -0.4 is 4.74 Å². The molecule has 1 N–H and O–H groups in total. The standard InChI is InChI=1S/C16H12Cl2IN3O2/c17-11-5-6-15(12(18)7-11)24-9-13-16(19)22(21-20-13)14-4-2-1-3-10(14)8-23/h1-7,23H,8-9H2. The van der Waals surface area contributed by atoms with Gasteiger partial charge in [0, 0.05) is 10.6 Å². The number of aromatic nitrogens is 3. The summed E-state index contributed by atoms with van der Waals surface area (Å²) in [5, 5.41) is 18.8. The van der Waals surface area contributed by atoms with Crippen molar-refractivity contribution in [3.63, 3.8) is 0 Å². The van der Waals surface area contributed by atoms with Gasteiger partial charge in [-0.1, -0.05) is 46.6 Å². The molecule has 2 aromatic carbocycles. The molecule has 8 heteroatoms. The predicted octanol–water partition coefficient (Wildman–Crippen LogP) is 4.25. The molecular weight excluding hydrogens is 464 g/mol. The van der Waals surface area contributed by atoms with E-state index in [2.05, 4.69) is 32.9 Å². The second-order valence-corrected chi connectivity index (χ2v) is 6.75. The largest absolute Gasteiger partial charge is 0.486 e. The molecule has 0 unspecified atom stereocenters. The lowest BCUT2D eigenvalue weighted by Crippen LogP contribution is -2.04. The fourth-order valence-corrected chi connectivity index (χ4v) is 3.22. The van der Waals surface area contributed by atoms with E-state index in [1.165, 1.54) is 0 Å². The summed E-state index contributed by atoms with van der Waals surface area (Å²) in [5.74, 6) is 0.530. The minimum atomic E-state index is -0.0711. The van der Waals surface area contributed by atoms with Crippen LogP contribution >= 0.6 is 45.8 Å². The van der Waals surface area contributed by atoms with Crippen molar-refractivity contribution in [1.82, 2.24) is 15.0 Å². The zero-order valence-electron chi connectivity index (χ0n) is 12.3. The summed E-state index contributed by atoms with van der Waals surface area (Å²) in [6.45, 7) is 0.152. The molecule has 0 amide bonds. The summed E-state index contributed by atoms with van der Waals surface area (Å²) < 4.78 is 8.18. The summed E-state index contributed by atoms with van der Waals surface area (Å²) >= 11 is 14.1. The number of aliphatic hydroxyl groups is 1. The molecule has 1 aromatic heterocycles. The Kier molecular flexibility index (Phi) is 5.60. The maximum Gasteiger partial charge on any atom is 0.138 e. The van der Waals surface area contributed by atoms with E-state index in [-0.39, 0.29) is 13.2 Å². The van der Waals surface area contributed by atoms with Crippen LogP contribution in [0, 0.1) is 3.70 Å². The van der Waals surface area contributed by atoms with Crippen LogP contribution in [0.5, 0.6) is 5.75 Å². The van der Waals surface area contributed by atoms with Gasteiger partial charge >= 0.3 is 0 Å². The lowest BCUT2D eigenvalue weighted by Gasteiger charge is -2.08. The molecule has 0 saturated carbocycles. The molecule has 1 heterocycles. The van der Waals surface area contributed by atoms with Crippen molar-refractivity contribution in [2.45, 2.75) is 13.2 Å². The van der Waals surface area contributed by atoms with Gasteiger partial charge in [0.1, 0.15) is 21.8 Å². The van der Waals surface area contributed by atoms with Crippen LogP contribution in [0.25, 0.3) is 5.69 Å².